The Morgan fingerprint density at radius 2 is 1.94 bits per heavy atom. The van der Waals surface area contributed by atoms with Crippen molar-refractivity contribution in [3.8, 4) is 0 Å². The van der Waals surface area contributed by atoms with Crippen LogP contribution in [0.15, 0.2) is 40.8 Å². The predicted octanol–water partition coefficient (Wildman–Crippen LogP) is 3.78. The first-order chi connectivity index (χ1) is 15.3. The van der Waals surface area contributed by atoms with Crippen molar-refractivity contribution < 1.29 is 14.3 Å². The molecule has 5 N–H and O–H groups in total. The molecule has 9 nitrogen and oxygen atoms in total. The van der Waals surface area contributed by atoms with Crippen molar-refractivity contribution in [3.05, 3.63) is 57.6 Å². The highest BCUT2D eigenvalue weighted by molar-refractivity contribution is 5.98. The van der Waals surface area contributed by atoms with Gasteiger partial charge in [-0.25, -0.2) is 14.6 Å². The van der Waals surface area contributed by atoms with E-state index in [1.807, 2.05) is 0 Å². The second kappa shape index (κ2) is 12.3. The Morgan fingerprint density at radius 3 is 2.56 bits per heavy atom. The summed E-state index contributed by atoms with van der Waals surface area (Å²) in [5.41, 5.74) is 7.23. The summed E-state index contributed by atoms with van der Waals surface area (Å²) in [5.74, 6) is -0.143. The highest BCUT2D eigenvalue weighted by Gasteiger charge is 2.12. The zero-order chi connectivity index (χ0) is 23.5. The van der Waals surface area contributed by atoms with Crippen LogP contribution in [0.4, 0.5) is 16.4 Å². The number of aryl methyl sites for hydroxylation is 1. The monoisotopic (exact) mass is 441 g/mol. The van der Waals surface area contributed by atoms with Gasteiger partial charge in [0.25, 0.3) is 5.56 Å². The summed E-state index contributed by atoms with van der Waals surface area (Å²) in [5, 5.41) is 5.10. The molecule has 172 valence electrons. The molecule has 2 rings (SSSR count). The van der Waals surface area contributed by atoms with Crippen LogP contribution in [0.2, 0.25) is 0 Å². The molecule has 32 heavy (non-hydrogen) atoms. The molecule has 2 amide bonds. The number of nitrogens with one attached hydrogen (secondary N) is 3. The van der Waals surface area contributed by atoms with E-state index in [0.29, 0.717) is 29.5 Å². The Hall–Kier alpha value is -3.62. The number of urea groups is 1. The molecule has 0 saturated carbocycles. The van der Waals surface area contributed by atoms with Crippen LogP contribution < -0.4 is 21.9 Å². The lowest BCUT2D eigenvalue weighted by atomic mass is 10.0. The number of nitrogens with zero attached hydrogens (tertiary/aromatic N) is 1. The van der Waals surface area contributed by atoms with Gasteiger partial charge < -0.3 is 15.8 Å². The van der Waals surface area contributed by atoms with Crippen molar-refractivity contribution in [2.75, 3.05) is 17.2 Å². The second-order valence-electron chi connectivity index (χ2n) is 7.55. The van der Waals surface area contributed by atoms with Crippen LogP contribution in [0.5, 0.6) is 0 Å². The highest BCUT2D eigenvalue weighted by Crippen LogP contribution is 2.15. The molecule has 1 atom stereocenters. The van der Waals surface area contributed by atoms with E-state index in [4.69, 9.17) is 10.5 Å². The first-order valence-electron chi connectivity index (χ1n) is 10.7. The van der Waals surface area contributed by atoms with Crippen LogP contribution in [0.3, 0.4) is 0 Å². The van der Waals surface area contributed by atoms with Crippen molar-refractivity contribution in [1.29, 1.82) is 0 Å². The molecule has 2 aromatic rings. The van der Waals surface area contributed by atoms with Gasteiger partial charge in [0.05, 0.1) is 6.61 Å². The number of anilines is 2. The molecular formula is C23H31N5O4. The molecule has 1 heterocycles. The summed E-state index contributed by atoms with van der Waals surface area (Å²) in [6.45, 7) is 6.24. The van der Waals surface area contributed by atoms with E-state index < -0.39 is 12.0 Å². The third-order valence-corrected chi connectivity index (χ3v) is 4.82. The van der Waals surface area contributed by atoms with Crippen LogP contribution in [-0.2, 0) is 9.53 Å². The third-order valence-electron chi connectivity index (χ3n) is 4.82. The van der Waals surface area contributed by atoms with Crippen LogP contribution in [-0.4, -0.2) is 28.6 Å². The lowest BCUT2D eigenvalue weighted by molar-refractivity contribution is -0.140. The Labute approximate surface area is 187 Å². The summed E-state index contributed by atoms with van der Waals surface area (Å²) >= 11 is 0. The molecule has 1 aromatic carbocycles. The smallest absolute Gasteiger partial charge is 0.354 e. The average Bonchev–Trinajstić information content (AvgIpc) is 2.74. The molecule has 9 heteroatoms. The lowest BCUT2D eigenvalue weighted by Gasteiger charge is -2.14. The average molecular weight is 442 g/mol. The fourth-order valence-electron chi connectivity index (χ4n) is 2.98. The number of aromatic nitrogens is 2. The predicted molar refractivity (Wildman–Crippen MR) is 125 cm³/mol. The topological polar surface area (TPSA) is 139 Å². The van der Waals surface area contributed by atoms with E-state index >= 15 is 0 Å². The minimum Gasteiger partial charge on any atom is -0.461 e. The van der Waals surface area contributed by atoms with Crippen molar-refractivity contribution in [1.82, 2.24) is 9.97 Å². The minimum absolute atomic E-state index is 0.0169. The number of esters is 1. The maximum atomic E-state index is 12.2. The molecule has 0 fully saturated rings. The zero-order valence-electron chi connectivity index (χ0n) is 18.7. The van der Waals surface area contributed by atoms with E-state index in [1.165, 1.54) is 12.1 Å². The molecule has 1 unspecified atom stereocenters. The standard InChI is InChI=1S/C23H31N5O4/c1-4-6-7-16(5-2)14-32-21(30)19(24)13-17-8-10-18(11-9-17)26-23(31)28-22-25-15(3)12-20(29)27-22/h8-13,16H,4-7,14,24H2,1-3H3,(H3,25,26,27,28,29,31)/b19-13+. The third kappa shape index (κ3) is 8.25. The number of aromatic amines is 1. The van der Waals surface area contributed by atoms with Crippen molar-refractivity contribution in [3.63, 3.8) is 0 Å². The molecule has 0 aliphatic heterocycles. The van der Waals surface area contributed by atoms with Crippen molar-refractivity contribution in [2.24, 2.45) is 11.7 Å². The molecule has 0 aliphatic carbocycles. The number of hydrogen-bond donors (Lipinski definition) is 4. The van der Waals surface area contributed by atoms with Crippen LogP contribution in [0.1, 0.15) is 50.8 Å². The number of rotatable bonds is 10. The van der Waals surface area contributed by atoms with E-state index in [0.717, 1.165) is 25.7 Å². The summed E-state index contributed by atoms with van der Waals surface area (Å²) in [6.07, 6.45) is 5.73. The molecule has 1 aromatic heterocycles. The van der Waals surface area contributed by atoms with Gasteiger partial charge in [0.1, 0.15) is 5.70 Å². The maximum absolute atomic E-state index is 12.2. The zero-order valence-corrected chi connectivity index (χ0v) is 18.7. The van der Waals surface area contributed by atoms with Gasteiger partial charge in [-0.3, -0.25) is 15.1 Å². The molecule has 0 aliphatic rings. The van der Waals surface area contributed by atoms with Gasteiger partial charge in [0.15, 0.2) is 0 Å². The van der Waals surface area contributed by atoms with Gasteiger partial charge in [-0.1, -0.05) is 45.2 Å². The van der Waals surface area contributed by atoms with E-state index in [9.17, 15) is 14.4 Å². The van der Waals surface area contributed by atoms with Gasteiger partial charge in [-0.15, -0.1) is 0 Å². The Bertz CT molecular complexity index is 998. The highest BCUT2D eigenvalue weighted by atomic mass is 16.5. The number of unbranched alkanes of at least 4 members (excludes halogenated alkanes) is 1. The van der Waals surface area contributed by atoms with Crippen LogP contribution >= 0.6 is 0 Å². The number of carbonyl (C=O) groups excluding carboxylic acids is 2. The quantitative estimate of drug-likeness (QED) is 0.327. The summed E-state index contributed by atoms with van der Waals surface area (Å²) in [6, 6.07) is 7.50. The number of ether oxygens (including phenoxy) is 1. The number of nitrogens with two attached hydrogens (primary N) is 1. The van der Waals surface area contributed by atoms with Crippen molar-refractivity contribution in [2.45, 2.75) is 46.5 Å². The molecule has 0 radical (unpaired) electrons. The lowest BCUT2D eigenvalue weighted by Crippen LogP contribution is -2.23. The largest absolute Gasteiger partial charge is 0.461 e. The summed E-state index contributed by atoms with van der Waals surface area (Å²) < 4.78 is 5.35. The first-order valence-corrected chi connectivity index (χ1v) is 10.7. The van der Waals surface area contributed by atoms with E-state index in [1.54, 1.807) is 31.2 Å². The fourth-order valence-corrected chi connectivity index (χ4v) is 2.98. The number of carbonyl (C=O) groups is 2. The Morgan fingerprint density at radius 1 is 1.22 bits per heavy atom. The Balaban J connectivity index is 1.90. The van der Waals surface area contributed by atoms with E-state index in [-0.39, 0.29) is 17.2 Å². The van der Waals surface area contributed by atoms with Gasteiger partial charge >= 0.3 is 12.0 Å². The Kier molecular flexibility index (Phi) is 9.46. The van der Waals surface area contributed by atoms with Gasteiger partial charge in [-0.2, -0.15) is 0 Å². The van der Waals surface area contributed by atoms with Gasteiger partial charge in [0.2, 0.25) is 5.95 Å². The number of amides is 2. The van der Waals surface area contributed by atoms with Gasteiger partial charge in [0, 0.05) is 17.4 Å². The van der Waals surface area contributed by atoms with E-state index in [2.05, 4.69) is 34.4 Å². The molecule has 0 spiro atoms. The first kappa shape index (κ1) is 24.6. The number of benzene rings is 1. The fraction of sp³-hybridized carbons (Fsp3) is 0.391. The van der Waals surface area contributed by atoms with Crippen LogP contribution in [0, 0.1) is 12.8 Å². The summed E-state index contributed by atoms with van der Waals surface area (Å²) in [4.78, 5) is 42.2. The molecule has 0 bridgehead atoms. The molecular weight excluding hydrogens is 410 g/mol. The van der Waals surface area contributed by atoms with Crippen LogP contribution in [0.25, 0.3) is 6.08 Å². The molecule has 0 saturated heterocycles. The van der Waals surface area contributed by atoms with Crippen molar-refractivity contribution >= 4 is 29.7 Å². The number of H-pyrrole nitrogens is 1. The van der Waals surface area contributed by atoms with Gasteiger partial charge in [-0.05, 0) is 43.0 Å². The second-order valence-corrected chi connectivity index (χ2v) is 7.55. The summed E-state index contributed by atoms with van der Waals surface area (Å²) in [7, 11) is 0. The number of hydrogen-bond acceptors (Lipinski definition) is 6. The normalized spacial score (nSPS) is 12.2. The minimum atomic E-state index is -0.557. The maximum Gasteiger partial charge on any atom is 0.354 e. The SMILES string of the molecule is CCCCC(CC)COC(=O)/C(N)=C\c1ccc(NC(=O)Nc2nc(C)cc(=O)[nH]2)cc1.